The Morgan fingerprint density at radius 1 is 1.17 bits per heavy atom. The number of amides is 1. The van der Waals surface area contributed by atoms with Gasteiger partial charge in [0.05, 0.1) is 19.2 Å². The lowest BCUT2D eigenvalue weighted by Gasteiger charge is -2.09. The molecule has 29 heavy (non-hydrogen) atoms. The molecule has 7 nitrogen and oxygen atoms in total. The summed E-state index contributed by atoms with van der Waals surface area (Å²) in [6, 6.07) is 16.9. The number of aliphatic hydroxyl groups excluding tert-OH is 1. The van der Waals surface area contributed by atoms with Crippen molar-refractivity contribution in [2.24, 2.45) is 0 Å². The number of carbonyl (C=O) groups is 1. The molecule has 2 heterocycles. The van der Waals surface area contributed by atoms with Gasteiger partial charge >= 0.3 is 0 Å². The molecular weight excluding hydrogens is 366 g/mol. The van der Waals surface area contributed by atoms with Crippen LogP contribution in [0.1, 0.15) is 22.9 Å². The van der Waals surface area contributed by atoms with Crippen LogP contribution in [0.15, 0.2) is 67.0 Å². The van der Waals surface area contributed by atoms with Crippen molar-refractivity contribution in [3.8, 4) is 0 Å². The molecule has 0 saturated heterocycles. The summed E-state index contributed by atoms with van der Waals surface area (Å²) in [4.78, 5) is 19.2. The summed E-state index contributed by atoms with van der Waals surface area (Å²) >= 11 is 0. The lowest BCUT2D eigenvalue weighted by atomic mass is 10.1. The Balaban J connectivity index is 1.39. The van der Waals surface area contributed by atoms with Gasteiger partial charge in [0.1, 0.15) is 12.6 Å². The first-order chi connectivity index (χ1) is 14.1. The Morgan fingerprint density at radius 2 is 2.00 bits per heavy atom. The molecule has 3 rings (SSSR count). The van der Waals surface area contributed by atoms with E-state index in [2.05, 4.69) is 20.6 Å². The van der Waals surface area contributed by atoms with Gasteiger partial charge in [0, 0.05) is 35.6 Å². The number of aliphatic hydroxyl groups is 1. The third kappa shape index (κ3) is 6.67. The van der Waals surface area contributed by atoms with E-state index < -0.39 is 6.10 Å². The number of aromatic amines is 1. The van der Waals surface area contributed by atoms with Crippen molar-refractivity contribution in [2.75, 3.05) is 24.1 Å². The molecule has 2 aromatic heterocycles. The molecule has 0 radical (unpaired) electrons. The molecule has 0 aliphatic heterocycles. The molecule has 0 saturated carbocycles. The monoisotopic (exact) mass is 393 g/mol. The van der Waals surface area contributed by atoms with Gasteiger partial charge in [-0.15, -0.1) is 0 Å². The normalized spacial score (nSPS) is 11.8. The Kier molecular flexibility index (Phi) is 7.27. The molecule has 0 spiro atoms. The van der Waals surface area contributed by atoms with Crippen LogP contribution < -0.4 is 21.4 Å². The molecule has 0 aliphatic rings. The van der Waals surface area contributed by atoms with Gasteiger partial charge in [-0.2, -0.15) is 0 Å². The lowest BCUT2D eigenvalue weighted by Crippen LogP contribution is -2.85. The summed E-state index contributed by atoms with van der Waals surface area (Å²) in [5.41, 5.74) is 9.13. The second kappa shape index (κ2) is 10.3. The zero-order chi connectivity index (χ0) is 20.5. The van der Waals surface area contributed by atoms with Crippen LogP contribution in [0, 0.1) is 0 Å². The van der Waals surface area contributed by atoms with Crippen LogP contribution in [0.2, 0.25) is 0 Å². The number of anilines is 2. The third-order valence-electron chi connectivity index (χ3n) is 4.58. The van der Waals surface area contributed by atoms with Gasteiger partial charge in [0.25, 0.3) is 5.82 Å². The van der Waals surface area contributed by atoms with Gasteiger partial charge in [-0.05, 0) is 35.9 Å². The van der Waals surface area contributed by atoms with E-state index in [0.717, 1.165) is 29.9 Å². The van der Waals surface area contributed by atoms with Gasteiger partial charge in [-0.25, -0.2) is 4.98 Å². The van der Waals surface area contributed by atoms with Crippen LogP contribution in [-0.2, 0) is 17.6 Å². The summed E-state index contributed by atoms with van der Waals surface area (Å²) < 4.78 is 0. The van der Waals surface area contributed by atoms with E-state index in [1.165, 1.54) is 5.56 Å². The summed E-state index contributed by atoms with van der Waals surface area (Å²) in [5.74, 6) is 0.486. The SMILES string of the molecule is Nc1ccc(C(O)C[NH2+]CCc2ccc(NC(=O)Cc3ccccn3)cc2)c[nH+]1. The molecule has 0 bridgehead atoms. The second-order valence-electron chi connectivity index (χ2n) is 6.90. The number of nitrogen functional groups attached to an aromatic ring is 1. The Bertz CT molecular complexity index is 899. The highest BCUT2D eigenvalue weighted by Gasteiger charge is 2.11. The number of hydrogen-bond donors (Lipinski definition) is 4. The zero-order valence-corrected chi connectivity index (χ0v) is 16.2. The number of rotatable bonds is 9. The number of nitrogens with two attached hydrogens (primary N) is 2. The third-order valence-corrected chi connectivity index (χ3v) is 4.58. The van der Waals surface area contributed by atoms with Crippen molar-refractivity contribution in [1.29, 1.82) is 0 Å². The standard InChI is InChI=1S/C22H25N5O2/c23-21-9-6-17(14-26-21)20(28)15-24-12-10-16-4-7-18(8-5-16)27-22(29)13-19-3-1-2-11-25-19/h1-9,11,14,20,24,28H,10,12-13,15H2,(H2,23,26)(H,27,29)/p+2. The number of carbonyl (C=O) groups excluding carboxylic acids is 1. The minimum Gasteiger partial charge on any atom is -0.382 e. The summed E-state index contributed by atoms with van der Waals surface area (Å²) in [5, 5.41) is 15.2. The molecule has 1 amide bonds. The number of H-pyrrole nitrogens is 1. The van der Waals surface area contributed by atoms with Crippen LogP contribution in [0.4, 0.5) is 11.5 Å². The molecule has 3 aromatic rings. The number of pyridine rings is 2. The first-order valence-corrected chi connectivity index (χ1v) is 9.65. The van der Waals surface area contributed by atoms with E-state index in [1.807, 2.05) is 48.5 Å². The number of nitrogens with zero attached hydrogens (tertiary/aromatic N) is 1. The van der Waals surface area contributed by atoms with Crippen LogP contribution in [0.3, 0.4) is 0 Å². The van der Waals surface area contributed by atoms with Crippen LogP contribution in [-0.4, -0.2) is 29.1 Å². The smallest absolute Gasteiger partial charge is 0.270 e. The van der Waals surface area contributed by atoms with E-state index in [4.69, 9.17) is 5.73 Å². The van der Waals surface area contributed by atoms with E-state index in [9.17, 15) is 9.90 Å². The molecule has 0 fully saturated rings. The summed E-state index contributed by atoms with van der Waals surface area (Å²) in [6.45, 7) is 1.44. The molecule has 150 valence electrons. The maximum absolute atomic E-state index is 12.1. The predicted molar refractivity (Wildman–Crippen MR) is 111 cm³/mol. The molecule has 7 heteroatoms. The average Bonchev–Trinajstić information content (AvgIpc) is 2.73. The number of benzene rings is 1. The van der Waals surface area contributed by atoms with Crippen molar-refractivity contribution in [1.82, 2.24) is 4.98 Å². The minimum atomic E-state index is -0.538. The average molecular weight is 393 g/mol. The highest BCUT2D eigenvalue weighted by atomic mass is 16.3. The highest BCUT2D eigenvalue weighted by molar-refractivity contribution is 5.91. The van der Waals surface area contributed by atoms with Gasteiger partial charge in [0.2, 0.25) is 5.91 Å². The van der Waals surface area contributed by atoms with Gasteiger partial charge in [-0.1, -0.05) is 18.2 Å². The fourth-order valence-corrected chi connectivity index (χ4v) is 2.96. The first-order valence-electron chi connectivity index (χ1n) is 9.65. The molecule has 1 unspecified atom stereocenters. The number of aromatic nitrogens is 2. The van der Waals surface area contributed by atoms with Crippen molar-refractivity contribution in [2.45, 2.75) is 18.9 Å². The molecular formula is C22H27N5O2+2. The van der Waals surface area contributed by atoms with Crippen LogP contribution in [0.5, 0.6) is 0 Å². The van der Waals surface area contributed by atoms with Crippen molar-refractivity contribution in [3.63, 3.8) is 0 Å². The summed E-state index contributed by atoms with van der Waals surface area (Å²) in [6.07, 6.45) is 4.01. The number of hydrogen-bond acceptors (Lipinski definition) is 4. The van der Waals surface area contributed by atoms with E-state index in [1.54, 1.807) is 18.5 Å². The Hall–Kier alpha value is -3.29. The van der Waals surface area contributed by atoms with Gasteiger partial charge in [0.15, 0.2) is 0 Å². The van der Waals surface area contributed by atoms with Crippen molar-refractivity contribution in [3.05, 3.63) is 83.8 Å². The van der Waals surface area contributed by atoms with E-state index in [0.29, 0.717) is 12.4 Å². The molecule has 1 aromatic carbocycles. The minimum absolute atomic E-state index is 0.0846. The van der Waals surface area contributed by atoms with Crippen molar-refractivity contribution < 1.29 is 20.2 Å². The summed E-state index contributed by atoms with van der Waals surface area (Å²) in [7, 11) is 0. The zero-order valence-electron chi connectivity index (χ0n) is 16.2. The fourth-order valence-electron chi connectivity index (χ4n) is 2.96. The molecule has 1 atom stereocenters. The van der Waals surface area contributed by atoms with E-state index >= 15 is 0 Å². The highest BCUT2D eigenvalue weighted by Crippen LogP contribution is 2.11. The van der Waals surface area contributed by atoms with Crippen LogP contribution >= 0.6 is 0 Å². The van der Waals surface area contributed by atoms with E-state index in [-0.39, 0.29) is 12.3 Å². The van der Waals surface area contributed by atoms with Crippen LogP contribution in [0.25, 0.3) is 0 Å². The number of nitrogens with one attached hydrogen (secondary N) is 2. The Labute approximate surface area is 170 Å². The second-order valence-corrected chi connectivity index (χ2v) is 6.90. The first kappa shape index (κ1) is 20.4. The quantitative estimate of drug-likeness (QED) is 0.396. The molecule has 7 N–H and O–H groups in total. The number of quaternary nitrogens is 1. The molecule has 0 aliphatic carbocycles. The topological polar surface area (TPSA) is 119 Å². The Morgan fingerprint density at radius 3 is 2.69 bits per heavy atom. The van der Waals surface area contributed by atoms with Gasteiger partial charge in [-0.3, -0.25) is 15.5 Å². The van der Waals surface area contributed by atoms with Gasteiger partial charge < -0.3 is 15.7 Å². The fraction of sp³-hybridized carbons (Fsp3) is 0.227. The van der Waals surface area contributed by atoms with Crippen molar-refractivity contribution >= 4 is 17.4 Å². The predicted octanol–water partition coefficient (Wildman–Crippen LogP) is 0.499. The maximum Gasteiger partial charge on any atom is 0.270 e. The maximum atomic E-state index is 12.1. The largest absolute Gasteiger partial charge is 0.382 e. The lowest BCUT2D eigenvalue weighted by molar-refractivity contribution is -0.661.